The van der Waals surface area contributed by atoms with E-state index in [0.717, 1.165) is 51.3 Å². The molecule has 5 aromatic rings. The molecule has 3 aromatic carbocycles. The highest BCUT2D eigenvalue weighted by Gasteiger charge is 2.23. The topological polar surface area (TPSA) is 68.7 Å². The molecule has 0 spiro atoms. The van der Waals surface area contributed by atoms with Gasteiger partial charge in [0.2, 0.25) is 0 Å². The Balaban J connectivity index is 1.54. The molecule has 6 nitrogen and oxygen atoms in total. The molecule has 6 rings (SSSR count). The summed E-state index contributed by atoms with van der Waals surface area (Å²) in [4.78, 5) is 4.75. The zero-order valence-electron chi connectivity index (χ0n) is 20.4. The fraction of sp³-hybridized carbons (Fsp3) is 0.167. The van der Waals surface area contributed by atoms with Gasteiger partial charge in [-0.3, -0.25) is 0 Å². The average Bonchev–Trinajstić information content (AvgIpc) is 3.58. The Hall–Kier alpha value is -4.63. The normalized spacial score (nSPS) is 15.1. The fourth-order valence-corrected chi connectivity index (χ4v) is 4.98. The number of hydrogen-bond acceptors (Lipinski definition) is 4. The summed E-state index contributed by atoms with van der Waals surface area (Å²) in [5, 5.41) is 15.1. The first-order valence-electron chi connectivity index (χ1n) is 12.0. The van der Waals surface area contributed by atoms with E-state index in [2.05, 4.69) is 32.0 Å². The predicted molar refractivity (Wildman–Crippen MR) is 142 cm³/mol. The highest BCUT2D eigenvalue weighted by molar-refractivity contribution is 5.93. The summed E-state index contributed by atoms with van der Waals surface area (Å²) in [6, 6.07) is 24.6. The molecule has 1 aliphatic rings. The molecule has 1 unspecified atom stereocenters. The maximum Gasteiger partial charge on any atom is 0.151 e. The molecule has 36 heavy (non-hydrogen) atoms. The van der Waals surface area contributed by atoms with Gasteiger partial charge >= 0.3 is 0 Å². The van der Waals surface area contributed by atoms with Crippen LogP contribution >= 0.6 is 0 Å². The number of nitriles is 1. The van der Waals surface area contributed by atoms with Gasteiger partial charge in [0.1, 0.15) is 23.6 Å². The smallest absolute Gasteiger partial charge is 0.151 e. The highest BCUT2D eigenvalue weighted by atomic mass is 16.5. The first-order chi connectivity index (χ1) is 17.5. The fourth-order valence-electron chi connectivity index (χ4n) is 4.98. The summed E-state index contributed by atoms with van der Waals surface area (Å²) in [5.41, 5.74) is 8.24. The third-order valence-electron chi connectivity index (χ3n) is 6.66. The molecule has 0 amide bonds. The van der Waals surface area contributed by atoms with Crippen LogP contribution in [0.25, 0.3) is 39.6 Å². The van der Waals surface area contributed by atoms with E-state index in [4.69, 9.17) is 14.8 Å². The molecular weight excluding hydrogens is 446 g/mol. The van der Waals surface area contributed by atoms with Crippen molar-refractivity contribution in [3.63, 3.8) is 0 Å². The summed E-state index contributed by atoms with van der Waals surface area (Å²) < 4.78 is 9.85. The molecule has 1 aliphatic heterocycles. The van der Waals surface area contributed by atoms with Crippen molar-refractivity contribution in [1.29, 1.82) is 5.26 Å². The first-order valence-corrected chi connectivity index (χ1v) is 12.0. The van der Waals surface area contributed by atoms with Crippen LogP contribution in [-0.4, -0.2) is 25.4 Å². The lowest BCUT2D eigenvalue weighted by Crippen LogP contribution is -2.05. The van der Waals surface area contributed by atoms with E-state index in [1.165, 1.54) is 5.56 Å². The molecule has 2 aromatic heterocycles. The summed E-state index contributed by atoms with van der Waals surface area (Å²) in [7, 11) is 1.94. The zero-order valence-corrected chi connectivity index (χ0v) is 20.4. The van der Waals surface area contributed by atoms with Gasteiger partial charge in [-0.1, -0.05) is 30.3 Å². The molecular formula is C30H25N5O. The molecule has 0 saturated heterocycles. The third-order valence-corrected chi connectivity index (χ3v) is 6.66. The van der Waals surface area contributed by atoms with Gasteiger partial charge in [0.15, 0.2) is 5.82 Å². The van der Waals surface area contributed by atoms with Crippen LogP contribution in [0.1, 0.15) is 29.4 Å². The monoisotopic (exact) mass is 471 g/mol. The van der Waals surface area contributed by atoms with E-state index in [1.807, 2.05) is 83.2 Å². The predicted octanol–water partition coefficient (Wildman–Crippen LogP) is 6.12. The minimum absolute atomic E-state index is 0.165. The Labute approximate surface area is 209 Å². The number of fused-ring (bicyclic) bond motifs is 2. The summed E-state index contributed by atoms with van der Waals surface area (Å²) in [6.45, 7) is 4.16. The van der Waals surface area contributed by atoms with Crippen molar-refractivity contribution < 1.29 is 4.74 Å². The molecule has 0 N–H and O–H groups in total. The molecule has 6 heteroatoms. The van der Waals surface area contributed by atoms with Gasteiger partial charge in [0, 0.05) is 30.8 Å². The zero-order chi connectivity index (χ0) is 24.8. The van der Waals surface area contributed by atoms with Crippen molar-refractivity contribution >= 4 is 22.7 Å². The number of imidazole rings is 1. The number of hydrogen-bond donors (Lipinski definition) is 0. The van der Waals surface area contributed by atoms with Crippen LogP contribution in [0, 0.1) is 18.3 Å². The number of benzene rings is 3. The maximum absolute atomic E-state index is 10.2. The molecule has 1 atom stereocenters. The first kappa shape index (κ1) is 21.9. The second-order valence-corrected chi connectivity index (χ2v) is 9.28. The number of aromatic nitrogens is 4. The molecule has 0 fully saturated rings. The van der Waals surface area contributed by atoms with Crippen molar-refractivity contribution in [1.82, 2.24) is 19.3 Å². The van der Waals surface area contributed by atoms with Crippen molar-refractivity contribution in [3.05, 3.63) is 95.4 Å². The number of rotatable bonds is 4. The van der Waals surface area contributed by atoms with Gasteiger partial charge in [-0.05, 0) is 67.4 Å². The number of nitrogens with zero attached hydrogens (tertiary/aromatic N) is 5. The van der Waals surface area contributed by atoms with Crippen molar-refractivity contribution in [2.45, 2.75) is 26.4 Å². The number of allylic oxidation sites excluding steroid dienone is 1. The Bertz CT molecular complexity index is 1680. The van der Waals surface area contributed by atoms with Gasteiger partial charge in [-0.15, -0.1) is 0 Å². The van der Waals surface area contributed by atoms with Crippen molar-refractivity contribution in [3.8, 4) is 28.8 Å². The summed E-state index contributed by atoms with van der Waals surface area (Å²) in [6.07, 6.45) is 4.91. The van der Waals surface area contributed by atoms with Crippen LogP contribution in [-0.2, 0) is 13.5 Å². The molecule has 0 radical (unpaired) electrons. The van der Waals surface area contributed by atoms with E-state index >= 15 is 0 Å². The largest absolute Gasteiger partial charge is 0.490 e. The standard InChI is InChI=1S/C30H25N5O/c1-19-13-21(15-22-14-20(2)36-29(19)22)28-24(18-35(33-28)25-9-5-4-6-10-25)16-23(17-31)30-32-26-11-7-8-12-27(26)34(30)3/h4-13,15-16,18,20H,14H2,1-3H3/b23-16-. The SMILES string of the molecule is Cc1cc(-c2nn(-c3ccccc3)cc2/C=C(/C#N)c2nc3ccccc3n2C)cc2c1OC(C)C2. The van der Waals surface area contributed by atoms with E-state index < -0.39 is 0 Å². The molecule has 3 heterocycles. The van der Waals surface area contributed by atoms with Gasteiger partial charge in [-0.25, -0.2) is 9.67 Å². The Morgan fingerprint density at radius 1 is 1.11 bits per heavy atom. The number of aryl methyl sites for hydroxylation is 2. The molecule has 0 saturated carbocycles. The quantitative estimate of drug-likeness (QED) is 0.296. The van der Waals surface area contributed by atoms with E-state index in [0.29, 0.717) is 11.4 Å². The van der Waals surface area contributed by atoms with Crippen LogP contribution < -0.4 is 4.74 Å². The van der Waals surface area contributed by atoms with Crippen molar-refractivity contribution in [2.24, 2.45) is 7.05 Å². The van der Waals surface area contributed by atoms with E-state index in [9.17, 15) is 5.26 Å². The van der Waals surface area contributed by atoms with Crippen molar-refractivity contribution in [2.75, 3.05) is 0 Å². The van der Waals surface area contributed by atoms with Gasteiger partial charge in [0.25, 0.3) is 0 Å². The lowest BCUT2D eigenvalue weighted by molar-refractivity contribution is 0.253. The maximum atomic E-state index is 10.2. The van der Waals surface area contributed by atoms with Gasteiger partial charge in [0.05, 0.1) is 22.3 Å². The number of ether oxygens (including phenoxy) is 1. The van der Waals surface area contributed by atoms with E-state index in [1.54, 1.807) is 0 Å². The van der Waals surface area contributed by atoms with Crippen LogP contribution in [0.3, 0.4) is 0 Å². The van der Waals surface area contributed by atoms with Crippen LogP contribution in [0.2, 0.25) is 0 Å². The van der Waals surface area contributed by atoms with Crippen LogP contribution in [0.15, 0.2) is 72.9 Å². The minimum Gasteiger partial charge on any atom is -0.490 e. The summed E-state index contributed by atoms with van der Waals surface area (Å²) >= 11 is 0. The summed E-state index contributed by atoms with van der Waals surface area (Å²) in [5.74, 6) is 1.60. The van der Waals surface area contributed by atoms with Gasteiger partial charge < -0.3 is 9.30 Å². The second-order valence-electron chi connectivity index (χ2n) is 9.28. The van der Waals surface area contributed by atoms with Gasteiger partial charge in [-0.2, -0.15) is 10.4 Å². The Morgan fingerprint density at radius 3 is 2.67 bits per heavy atom. The highest BCUT2D eigenvalue weighted by Crippen LogP contribution is 2.37. The lowest BCUT2D eigenvalue weighted by atomic mass is 9.99. The Morgan fingerprint density at radius 2 is 1.89 bits per heavy atom. The Kier molecular flexibility index (Phi) is 5.19. The molecule has 0 aliphatic carbocycles. The molecule has 176 valence electrons. The minimum atomic E-state index is 0.165. The van der Waals surface area contributed by atoms with Crippen LogP contribution in [0.5, 0.6) is 5.75 Å². The van der Waals surface area contributed by atoms with E-state index in [-0.39, 0.29) is 6.10 Å². The van der Waals surface area contributed by atoms with Crippen LogP contribution in [0.4, 0.5) is 0 Å². The third kappa shape index (κ3) is 3.66. The average molecular weight is 472 g/mol. The number of para-hydroxylation sites is 3. The lowest BCUT2D eigenvalue weighted by Gasteiger charge is -2.08. The second kappa shape index (κ2) is 8.54. The molecule has 0 bridgehead atoms.